The lowest BCUT2D eigenvalue weighted by Gasteiger charge is -2.25. The normalized spacial score (nSPS) is 12.7. The molecule has 0 fully saturated rings. The number of amides is 1. The third-order valence-electron chi connectivity index (χ3n) is 5.83. The Kier molecular flexibility index (Phi) is 5.87. The minimum atomic E-state index is 0.0696. The third-order valence-corrected chi connectivity index (χ3v) is 5.83. The van der Waals surface area contributed by atoms with Gasteiger partial charge in [0.1, 0.15) is 12.4 Å². The molecule has 1 aliphatic rings. The molecule has 0 unspecified atom stereocenters. The van der Waals surface area contributed by atoms with Gasteiger partial charge in [0.15, 0.2) is 11.5 Å². The summed E-state index contributed by atoms with van der Waals surface area (Å²) in [6, 6.07) is 10.1. The van der Waals surface area contributed by atoms with E-state index in [0.29, 0.717) is 13.1 Å². The summed E-state index contributed by atoms with van der Waals surface area (Å²) in [4.78, 5) is 22.1. The first kappa shape index (κ1) is 21.2. The molecule has 0 atom stereocenters. The summed E-state index contributed by atoms with van der Waals surface area (Å²) in [7, 11) is 4.03. The summed E-state index contributed by atoms with van der Waals surface area (Å²) < 4.78 is 12.9. The van der Waals surface area contributed by atoms with Crippen LogP contribution in [-0.4, -0.2) is 59.2 Å². The Morgan fingerprint density at radius 2 is 1.77 bits per heavy atom. The van der Waals surface area contributed by atoms with E-state index in [-0.39, 0.29) is 19.2 Å². The fourth-order valence-electron chi connectivity index (χ4n) is 3.81. The first-order chi connectivity index (χ1) is 14.8. The van der Waals surface area contributed by atoms with Crippen molar-refractivity contribution in [2.45, 2.75) is 33.9 Å². The standard InChI is InChI=1S/C24H30N4O3/c1-16-10-20-21(11-17(16)2)28(18(3)25-20)14-24(29)27(9-8-26(4)5)13-19-6-7-22-23(12-19)31-15-30-22/h6-7,10-12H,8-9,13-15H2,1-5H3. The Hall–Kier alpha value is -3.06. The number of benzene rings is 2. The van der Waals surface area contributed by atoms with Gasteiger partial charge in [0.2, 0.25) is 12.7 Å². The minimum Gasteiger partial charge on any atom is -0.454 e. The zero-order valence-corrected chi connectivity index (χ0v) is 18.9. The maximum Gasteiger partial charge on any atom is 0.242 e. The van der Waals surface area contributed by atoms with Gasteiger partial charge in [0.25, 0.3) is 0 Å². The van der Waals surface area contributed by atoms with Crippen molar-refractivity contribution in [1.82, 2.24) is 19.4 Å². The second kappa shape index (κ2) is 8.59. The van der Waals surface area contributed by atoms with Gasteiger partial charge in [-0.25, -0.2) is 4.98 Å². The molecule has 0 bridgehead atoms. The fourth-order valence-corrected chi connectivity index (χ4v) is 3.81. The lowest BCUT2D eigenvalue weighted by Crippen LogP contribution is -2.38. The highest BCUT2D eigenvalue weighted by molar-refractivity contribution is 5.82. The zero-order valence-electron chi connectivity index (χ0n) is 18.9. The van der Waals surface area contributed by atoms with E-state index >= 15 is 0 Å². The van der Waals surface area contributed by atoms with Gasteiger partial charge in [-0.15, -0.1) is 0 Å². The monoisotopic (exact) mass is 422 g/mol. The number of imidazole rings is 1. The molecular formula is C24H30N4O3. The first-order valence-corrected chi connectivity index (χ1v) is 10.6. The lowest BCUT2D eigenvalue weighted by atomic mass is 10.1. The Labute approximate surface area is 183 Å². The van der Waals surface area contributed by atoms with Crippen molar-refractivity contribution in [2.24, 2.45) is 0 Å². The number of aromatic nitrogens is 2. The lowest BCUT2D eigenvalue weighted by molar-refractivity contribution is -0.132. The molecule has 0 saturated heterocycles. The molecule has 7 heteroatoms. The molecule has 164 valence electrons. The molecule has 0 aliphatic carbocycles. The Morgan fingerprint density at radius 3 is 2.55 bits per heavy atom. The number of hydrogen-bond acceptors (Lipinski definition) is 5. The van der Waals surface area contributed by atoms with Crippen LogP contribution in [0.5, 0.6) is 11.5 Å². The van der Waals surface area contributed by atoms with E-state index in [9.17, 15) is 4.79 Å². The van der Waals surface area contributed by atoms with Gasteiger partial charge >= 0.3 is 0 Å². The smallest absolute Gasteiger partial charge is 0.242 e. The number of rotatable bonds is 7. The SMILES string of the molecule is Cc1cc2nc(C)n(CC(=O)N(CCN(C)C)Cc3ccc4c(c3)OCO4)c2cc1C. The van der Waals surface area contributed by atoms with Crippen LogP contribution in [0.3, 0.4) is 0 Å². The van der Waals surface area contributed by atoms with Gasteiger partial charge in [-0.2, -0.15) is 0 Å². The van der Waals surface area contributed by atoms with Crippen LogP contribution in [0.2, 0.25) is 0 Å². The molecule has 2 aromatic carbocycles. The first-order valence-electron chi connectivity index (χ1n) is 10.6. The molecule has 7 nitrogen and oxygen atoms in total. The molecule has 0 saturated carbocycles. The summed E-state index contributed by atoms with van der Waals surface area (Å²) in [6.07, 6.45) is 0. The maximum absolute atomic E-state index is 13.4. The van der Waals surface area contributed by atoms with Crippen LogP contribution < -0.4 is 9.47 Å². The van der Waals surface area contributed by atoms with Crippen LogP contribution in [0.25, 0.3) is 11.0 Å². The number of ether oxygens (including phenoxy) is 2. The molecule has 0 spiro atoms. The van der Waals surface area contributed by atoms with E-state index in [0.717, 1.165) is 40.5 Å². The van der Waals surface area contributed by atoms with E-state index in [2.05, 4.69) is 35.9 Å². The second-order valence-electron chi connectivity index (χ2n) is 8.48. The van der Waals surface area contributed by atoms with E-state index in [1.165, 1.54) is 11.1 Å². The maximum atomic E-state index is 13.4. The number of likely N-dealkylation sites (N-methyl/N-ethyl adjacent to an activating group) is 1. The van der Waals surface area contributed by atoms with Crippen LogP contribution >= 0.6 is 0 Å². The number of carbonyl (C=O) groups is 1. The highest BCUT2D eigenvalue weighted by Crippen LogP contribution is 2.33. The Bertz CT molecular complexity index is 1120. The quantitative estimate of drug-likeness (QED) is 0.585. The van der Waals surface area contributed by atoms with Crippen molar-refractivity contribution in [3.05, 3.63) is 52.8 Å². The average Bonchev–Trinajstić information content (AvgIpc) is 3.30. The number of carbonyl (C=O) groups excluding carboxylic acids is 1. The van der Waals surface area contributed by atoms with Gasteiger partial charge in [-0.1, -0.05) is 6.07 Å². The molecule has 1 aliphatic heterocycles. The Balaban J connectivity index is 1.58. The molecule has 4 rings (SSSR count). The van der Waals surface area contributed by atoms with Crippen LogP contribution in [0.4, 0.5) is 0 Å². The van der Waals surface area contributed by atoms with Crippen molar-refractivity contribution in [3.63, 3.8) is 0 Å². The summed E-state index contributed by atoms with van der Waals surface area (Å²) in [5.74, 6) is 2.41. The summed E-state index contributed by atoms with van der Waals surface area (Å²) >= 11 is 0. The summed E-state index contributed by atoms with van der Waals surface area (Å²) in [5, 5.41) is 0. The topological polar surface area (TPSA) is 59.8 Å². The van der Waals surface area contributed by atoms with Crippen LogP contribution in [-0.2, 0) is 17.9 Å². The summed E-state index contributed by atoms with van der Waals surface area (Å²) in [5.41, 5.74) is 5.37. The van der Waals surface area contributed by atoms with Crippen molar-refractivity contribution in [1.29, 1.82) is 0 Å². The van der Waals surface area contributed by atoms with Crippen LogP contribution in [0.15, 0.2) is 30.3 Å². The minimum absolute atomic E-state index is 0.0696. The molecule has 1 aromatic heterocycles. The molecular weight excluding hydrogens is 392 g/mol. The van der Waals surface area contributed by atoms with Crippen molar-refractivity contribution in [2.75, 3.05) is 34.0 Å². The number of fused-ring (bicyclic) bond motifs is 2. The van der Waals surface area contributed by atoms with Crippen LogP contribution in [0, 0.1) is 20.8 Å². The highest BCUT2D eigenvalue weighted by Gasteiger charge is 2.20. The molecule has 3 aromatic rings. The summed E-state index contributed by atoms with van der Waals surface area (Å²) in [6.45, 7) is 8.60. The molecule has 31 heavy (non-hydrogen) atoms. The number of hydrogen-bond donors (Lipinski definition) is 0. The largest absolute Gasteiger partial charge is 0.454 e. The van der Waals surface area contributed by atoms with E-state index in [4.69, 9.17) is 9.47 Å². The number of nitrogens with zero attached hydrogens (tertiary/aromatic N) is 4. The number of aryl methyl sites for hydroxylation is 3. The van der Waals surface area contributed by atoms with E-state index < -0.39 is 0 Å². The van der Waals surface area contributed by atoms with Gasteiger partial charge < -0.3 is 23.8 Å². The molecule has 1 amide bonds. The van der Waals surface area contributed by atoms with Gasteiger partial charge in [-0.3, -0.25) is 4.79 Å². The predicted molar refractivity (Wildman–Crippen MR) is 120 cm³/mol. The second-order valence-corrected chi connectivity index (χ2v) is 8.48. The third kappa shape index (κ3) is 4.51. The predicted octanol–water partition coefficient (Wildman–Crippen LogP) is 3.28. The van der Waals surface area contributed by atoms with E-state index in [1.807, 2.05) is 48.7 Å². The fraction of sp³-hybridized carbons (Fsp3) is 0.417. The molecule has 0 N–H and O–H groups in total. The van der Waals surface area contributed by atoms with Gasteiger partial charge in [-0.05, 0) is 75.8 Å². The molecule has 2 heterocycles. The van der Waals surface area contributed by atoms with Crippen molar-refractivity contribution < 1.29 is 14.3 Å². The Morgan fingerprint density at radius 1 is 1.03 bits per heavy atom. The zero-order chi connectivity index (χ0) is 22.1. The highest BCUT2D eigenvalue weighted by atomic mass is 16.7. The van der Waals surface area contributed by atoms with Crippen molar-refractivity contribution >= 4 is 16.9 Å². The van der Waals surface area contributed by atoms with E-state index in [1.54, 1.807) is 0 Å². The molecule has 0 radical (unpaired) electrons. The van der Waals surface area contributed by atoms with Crippen LogP contribution in [0.1, 0.15) is 22.5 Å². The van der Waals surface area contributed by atoms with Gasteiger partial charge in [0.05, 0.1) is 11.0 Å². The van der Waals surface area contributed by atoms with Gasteiger partial charge in [0, 0.05) is 19.6 Å². The average molecular weight is 423 g/mol. The van der Waals surface area contributed by atoms with Crippen molar-refractivity contribution in [3.8, 4) is 11.5 Å².